The predicted molar refractivity (Wildman–Crippen MR) is 114 cm³/mol. The Balaban J connectivity index is 2.02. The van der Waals surface area contributed by atoms with Crippen LogP contribution in [-0.2, 0) is 20.1 Å². The normalized spacial score (nSPS) is 10.9. The molecule has 0 amide bonds. The molecule has 0 spiro atoms. The van der Waals surface area contributed by atoms with E-state index in [0.717, 1.165) is 10.1 Å². The molecule has 0 bridgehead atoms. The Morgan fingerprint density at radius 2 is 1.90 bits per heavy atom. The smallest absolute Gasteiger partial charge is 0.333 e. The number of furan rings is 1. The van der Waals surface area contributed by atoms with Gasteiger partial charge in [0.1, 0.15) is 5.82 Å². The molecule has 3 heterocycles. The highest BCUT2D eigenvalue weighted by Crippen LogP contribution is 2.32. The number of hydrogen-bond acceptors (Lipinski definition) is 6. The van der Waals surface area contributed by atoms with Crippen molar-refractivity contribution in [1.29, 1.82) is 0 Å². The molecule has 0 fully saturated rings. The summed E-state index contributed by atoms with van der Waals surface area (Å²) < 4.78 is 19.9. The molecule has 9 nitrogen and oxygen atoms in total. The van der Waals surface area contributed by atoms with Crippen LogP contribution >= 0.6 is 0 Å². The Kier molecular flexibility index (Phi) is 5.13. The summed E-state index contributed by atoms with van der Waals surface area (Å²) in [6, 6.07) is 7.06. The van der Waals surface area contributed by atoms with Crippen molar-refractivity contribution >= 4 is 11.2 Å². The van der Waals surface area contributed by atoms with Crippen LogP contribution in [0.2, 0.25) is 0 Å². The van der Waals surface area contributed by atoms with Gasteiger partial charge in [0.2, 0.25) is 0 Å². The third-order valence-electron chi connectivity index (χ3n) is 5.05. The van der Waals surface area contributed by atoms with Crippen LogP contribution in [0.25, 0.3) is 22.6 Å². The summed E-state index contributed by atoms with van der Waals surface area (Å²) in [6.07, 6.45) is 8.45. The number of methoxy groups -OCH3 is 2. The molecule has 0 aliphatic heterocycles. The Labute approximate surface area is 177 Å². The zero-order valence-corrected chi connectivity index (χ0v) is 17.3. The first-order valence-electron chi connectivity index (χ1n) is 9.37. The average Bonchev–Trinajstić information content (AvgIpc) is 3.41. The van der Waals surface area contributed by atoms with E-state index in [9.17, 15) is 9.59 Å². The largest absolute Gasteiger partial charge is 0.493 e. The summed E-state index contributed by atoms with van der Waals surface area (Å²) >= 11 is 0. The standard InChI is InChI=1S/C22H20N4O5/c1-5-9-25-21(27)18-20(26(22(25)28)12-14-8-10-31-13-14)23-19(24(18)2)15-6-7-16(29-3)17(11-15)30-4/h1,6-8,10-11,13H,9,12H2,2-4H3. The van der Waals surface area contributed by atoms with Crippen molar-refractivity contribution < 1.29 is 13.9 Å². The van der Waals surface area contributed by atoms with Crippen LogP contribution in [0, 0.1) is 12.3 Å². The van der Waals surface area contributed by atoms with Gasteiger partial charge in [0.15, 0.2) is 22.7 Å². The van der Waals surface area contributed by atoms with Crippen LogP contribution in [0.3, 0.4) is 0 Å². The van der Waals surface area contributed by atoms with E-state index in [4.69, 9.17) is 20.3 Å². The summed E-state index contributed by atoms with van der Waals surface area (Å²) in [6.45, 7) is 0.0366. The van der Waals surface area contributed by atoms with Gasteiger partial charge in [0, 0.05) is 18.2 Å². The van der Waals surface area contributed by atoms with Gasteiger partial charge >= 0.3 is 5.69 Å². The highest BCUT2D eigenvalue weighted by Gasteiger charge is 2.21. The van der Waals surface area contributed by atoms with Crippen LogP contribution in [0.4, 0.5) is 0 Å². The first-order valence-corrected chi connectivity index (χ1v) is 9.37. The SMILES string of the molecule is C#CCn1c(=O)c2c(nc(-c3ccc(OC)c(OC)c3)n2C)n(Cc2ccoc2)c1=O. The van der Waals surface area contributed by atoms with Gasteiger partial charge in [0.05, 0.1) is 39.8 Å². The number of aryl methyl sites for hydroxylation is 1. The second-order valence-corrected chi connectivity index (χ2v) is 6.83. The number of imidazole rings is 1. The van der Waals surface area contributed by atoms with E-state index >= 15 is 0 Å². The van der Waals surface area contributed by atoms with Crippen molar-refractivity contribution in [2.75, 3.05) is 14.2 Å². The number of terminal acetylenes is 1. The van der Waals surface area contributed by atoms with Crippen molar-refractivity contribution in [2.45, 2.75) is 13.1 Å². The van der Waals surface area contributed by atoms with Gasteiger partial charge in [-0.1, -0.05) is 5.92 Å². The van der Waals surface area contributed by atoms with Crippen LogP contribution in [0.5, 0.6) is 11.5 Å². The summed E-state index contributed by atoms with van der Waals surface area (Å²) in [7, 11) is 4.81. The summed E-state index contributed by atoms with van der Waals surface area (Å²) in [5.41, 5.74) is 0.950. The molecule has 0 aliphatic carbocycles. The third kappa shape index (κ3) is 3.28. The molecule has 3 aromatic heterocycles. The van der Waals surface area contributed by atoms with Gasteiger partial charge in [-0.25, -0.2) is 14.3 Å². The van der Waals surface area contributed by atoms with Crippen molar-refractivity contribution in [3.63, 3.8) is 0 Å². The van der Waals surface area contributed by atoms with E-state index in [1.807, 2.05) is 0 Å². The zero-order chi connectivity index (χ0) is 22.1. The first kappa shape index (κ1) is 20.1. The molecular formula is C22H20N4O5. The Hall–Kier alpha value is -4.19. The molecule has 0 saturated heterocycles. The minimum absolute atomic E-state index is 0.143. The second-order valence-electron chi connectivity index (χ2n) is 6.83. The number of ether oxygens (including phenoxy) is 2. The third-order valence-corrected chi connectivity index (χ3v) is 5.05. The first-order chi connectivity index (χ1) is 15.0. The number of nitrogens with zero attached hydrogens (tertiary/aromatic N) is 4. The van der Waals surface area contributed by atoms with E-state index in [2.05, 4.69) is 10.9 Å². The maximum atomic E-state index is 13.1. The van der Waals surface area contributed by atoms with Crippen LogP contribution in [-0.4, -0.2) is 32.9 Å². The summed E-state index contributed by atoms with van der Waals surface area (Å²) in [5.74, 6) is 3.95. The molecule has 0 unspecified atom stereocenters. The van der Waals surface area contributed by atoms with Gasteiger partial charge in [-0.3, -0.25) is 9.36 Å². The summed E-state index contributed by atoms with van der Waals surface area (Å²) in [5, 5.41) is 0. The van der Waals surface area contributed by atoms with E-state index in [-0.39, 0.29) is 24.3 Å². The quantitative estimate of drug-likeness (QED) is 0.442. The van der Waals surface area contributed by atoms with E-state index in [1.54, 1.807) is 43.0 Å². The minimum atomic E-state index is -0.534. The molecule has 0 saturated carbocycles. The fourth-order valence-electron chi connectivity index (χ4n) is 3.53. The zero-order valence-electron chi connectivity index (χ0n) is 17.3. The minimum Gasteiger partial charge on any atom is -0.493 e. The topological polar surface area (TPSA) is 93.4 Å². The Bertz CT molecular complexity index is 1420. The van der Waals surface area contributed by atoms with Crippen molar-refractivity contribution in [2.24, 2.45) is 7.05 Å². The lowest BCUT2D eigenvalue weighted by atomic mass is 10.2. The lowest BCUT2D eigenvalue weighted by molar-refractivity contribution is 0.355. The average molecular weight is 420 g/mol. The van der Waals surface area contributed by atoms with Crippen LogP contribution in [0.15, 0.2) is 50.8 Å². The molecule has 0 radical (unpaired) electrons. The number of benzene rings is 1. The lowest BCUT2D eigenvalue weighted by Crippen LogP contribution is -2.40. The molecule has 158 valence electrons. The van der Waals surface area contributed by atoms with Gasteiger partial charge < -0.3 is 18.5 Å². The molecule has 1 aromatic carbocycles. The van der Waals surface area contributed by atoms with Crippen molar-refractivity contribution in [3.05, 3.63) is 63.2 Å². The van der Waals surface area contributed by atoms with E-state index < -0.39 is 11.2 Å². The highest BCUT2D eigenvalue weighted by atomic mass is 16.5. The van der Waals surface area contributed by atoms with Gasteiger partial charge in [0.25, 0.3) is 5.56 Å². The Morgan fingerprint density at radius 1 is 1.13 bits per heavy atom. The number of aromatic nitrogens is 4. The van der Waals surface area contributed by atoms with E-state index in [0.29, 0.717) is 22.9 Å². The molecule has 0 N–H and O–H groups in total. The maximum absolute atomic E-state index is 13.1. The second kappa shape index (κ2) is 7.91. The molecule has 4 aromatic rings. The van der Waals surface area contributed by atoms with E-state index in [1.165, 1.54) is 24.2 Å². The molecule has 4 rings (SSSR count). The summed E-state index contributed by atoms with van der Waals surface area (Å²) in [4.78, 5) is 30.8. The maximum Gasteiger partial charge on any atom is 0.333 e. The highest BCUT2D eigenvalue weighted by molar-refractivity contribution is 5.77. The lowest BCUT2D eigenvalue weighted by Gasteiger charge is -2.10. The van der Waals surface area contributed by atoms with Gasteiger partial charge in [-0.2, -0.15) is 0 Å². The van der Waals surface area contributed by atoms with Gasteiger partial charge in [-0.05, 0) is 24.3 Å². The number of hydrogen-bond donors (Lipinski definition) is 0. The fraction of sp³-hybridized carbons (Fsp3) is 0.227. The number of fused-ring (bicyclic) bond motifs is 1. The number of rotatable bonds is 6. The van der Waals surface area contributed by atoms with Crippen LogP contribution in [0.1, 0.15) is 5.56 Å². The predicted octanol–water partition coefficient (Wildman–Crippen LogP) is 1.86. The molecule has 0 aliphatic rings. The Morgan fingerprint density at radius 3 is 2.55 bits per heavy atom. The monoisotopic (exact) mass is 420 g/mol. The van der Waals surface area contributed by atoms with Crippen molar-refractivity contribution in [3.8, 4) is 35.2 Å². The fourth-order valence-corrected chi connectivity index (χ4v) is 3.53. The van der Waals surface area contributed by atoms with Crippen molar-refractivity contribution in [1.82, 2.24) is 18.7 Å². The van der Waals surface area contributed by atoms with Gasteiger partial charge in [-0.15, -0.1) is 6.42 Å². The molecular weight excluding hydrogens is 400 g/mol. The molecule has 9 heteroatoms. The molecule has 31 heavy (non-hydrogen) atoms. The van der Waals surface area contributed by atoms with Crippen LogP contribution < -0.4 is 20.7 Å². The molecule has 0 atom stereocenters.